The van der Waals surface area contributed by atoms with Gasteiger partial charge < -0.3 is 15.1 Å². The number of nitrogens with one attached hydrogen (secondary N) is 1. The maximum Gasteiger partial charge on any atom is 0.253 e. The van der Waals surface area contributed by atoms with E-state index in [2.05, 4.69) is 10.2 Å². The first-order chi connectivity index (χ1) is 16.4. The number of carbonyl (C=O) groups is 3. The predicted molar refractivity (Wildman–Crippen MR) is 129 cm³/mol. The minimum atomic E-state index is -0.335. The fraction of sp³-hybridized carbons (Fsp3) is 0.423. The molecule has 2 aromatic rings. The SMILES string of the molecule is CCN(CC)C(=O)c1ccc2c(c1)N(CC(=O)NCc1ccc(F)cc1)C(=O)C1CCCCN21. The molecule has 4 rings (SSSR count). The second-order valence-electron chi connectivity index (χ2n) is 8.71. The van der Waals surface area contributed by atoms with E-state index >= 15 is 0 Å². The first-order valence-corrected chi connectivity index (χ1v) is 12.0. The van der Waals surface area contributed by atoms with E-state index in [9.17, 15) is 18.8 Å². The Bertz CT molecular complexity index is 1070. The lowest BCUT2D eigenvalue weighted by molar-refractivity contribution is -0.125. The van der Waals surface area contributed by atoms with Crippen LogP contribution in [-0.2, 0) is 16.1 Å². The van der Waals surface area contributed by atoms with E-state index in [0.717, 1.165) is 37.1 Å². The molecular weight excluding hydrogens is 435 g/mol. The molecule has 8 heteroatoms. The summed E-state index contributed by atoms with van der Waals surface area (Å²) in [7, 11) is 0. The van der Waals surface area contributed by atoms with Crippen LogP contribution in [-0.4, -0.2) is 54.8 Å². The van der Waals surface area contributed by atoms with Crippen molar-refractivity contribution >= 4 is 29.1 Å². The van der Waals surface area contributed by atoms with Gasteiger partial charge in [0.2, 0.25) is 11.8 Å². The molecule has 180 valence electrons. The number of piperidine rings is 1. The van der Waals surface area contributed by atoms with E-state index in [4.69, 9.17) is 0 Å². The molecule has 1 fully saturated rings. The van der Waals surface area contributed by atoms with Gasteiger partial charge in [0.25, 0.3) is 5.91 Å². The van der Waals surface area contributed by atoms with Crippen LogP contribution in [0.2, 0.25) is 0 Å². The van der Waals surface area contributed by atoms with Crippen molar-refractivity contribution in [2.45, 2.75) is 45.7 Å². The molecule has 34 heavy (non-hydrogen) atoms. The molecule has 1 atom stereocenters. The zero-order valence-electron chi connectivity index (χ0n) is 19.7. The predicted octanol–water partition coefficient (Wildman–Crippen LogP) is 3.33. The molecule has 2 aliphatic heterocycles. The Morgan fingerprint density at radius 3 is 2.50 bits per heavy atom. The highest BCUT2D eigenvalue weighted by Gasteiger charge is 2.40. The van der Waals surface area contributed by atoms with Crippen molar-refractivity contribution in [2.24, 2.45) is 0 Å². The summed E-state index contributed by atoms with van der Waals surface area (Å²) in [6.45, 7) is 5.92. The molecule has 7 nitrogen and oxygen atoms in total. The summed E-state index contributed by atoms with van der Waals surface area (Å²) in [6, 6.07) is 11.1. The molecule has 3 amide bonds. The van der Waals surface area contributed by atoms with Crippen LogP contribution >= 0.6 is 0 Å². The van der Waals surface area contributed by atoms with Gasteiger partial charge in [0.1, 0.15) is 18.4 Å². The minimum absolute atomic E-state index is 0.0956. The minimum Gasteiger partial charge on any atom is -0.358 e. The summed E-state index contributed by atoms with van der Waals surface area (Å²) in [4.78, 5) is 44.6. The number of carbonyl (C=O) groups excluding carboxylic acids is 3. The summed E-state index contributed by atoms with van der Waals surface area (Å²) >= 11 is 0. The molecule has 0 spiro atoms. The van der Waals surface area contributed by atoms with Crippen molar-refractivity contribution in [3.63, 3.8) is 0 Å². The number of nitrogens with zero attached hydrogens (tertiary/aromatic N) is 3. The normalized spacial score (nSPS) is 17.1. The van der Waals surface area contributed by atoms with Crippen LogP contribution in [0.3, 0.4) is 0 Å². The quantitative estimate of drug-likeness (QED) is 0.680. The molecule has 0 aliphatic carbocycles. The number of benzene rings is 2. The third kappa shape index (κ3) is 4.76. The van der Waals surface area contributed by atoms with Crippen LogP contribution < -0.4 is 15.1 Å². The molecular formula is C26H31FN4O3. The van der Waals surface area contributed by atoms with Gasteiger partial charge >= 0.3 is 0 Å². The number of amides is 3. The van der Waals surface area contributed by atoms with E-state index in [1.54, 1.807) is 23.1 Å². The molecule has 2 aromatic carbocycles. The zero-order chi connectivity index (χ0) is 24.2. The molecule has 0 radical (unpaired) electrons. The largest absolute Gasteiger partial charge is 0.358 e. The standard InChI is InChI=1S/C26H31FN4O3/c1-3-29(4-2)25(33)19-10-13-21-23(15-19)31(26(34)22-7-5-6-14-30(21)22)17-24(32)28-16-18-8-11-20(27)12-9-18/h8-13,15,22H,3-7,14,16-17H2,1-2H3,(H,28,32). The van der Waals surface area contributed by atoms with Crippen molar-refractivity contribution < 1.29 is 18.8 Å². The summed E-state index contributed by atoms with van der Waals surface area (Å²) < 4.78 is 13.1. The first-order valence-electron chi connectivity index (χ1n) is 12.0. The number of halogens is 1. The van der Waals surface area contributed by atoms with Crippen LogP contribution in [0.5, 0.6) is 0 Å². The summed E-state index contributed by atoms with van der Waals surface area (Å²) in [5, 5.41) is 2.82. The van der Waals surface area contributed by atoms with Crippen LogP contribution in [0.4, 0.5) is 15.8 Å². The van der Waals surface area contributed by atoms with Gasteiger partial charge in [-0.25, -0.2) is 4.39 Å². The Kier molecular flexibility index (Phi) is 7.14. The Labute approximate surface area is 199 Å². The Hall–Kier alpha value is -3.42. The van der Waals surface area contributed by atoms with Crippen LogP contribution in [0, 0.1) is 5.82 Å². The van der Waals surface area contributed by atoms with Gasteiger partial charge in [-0.05, 0) is 69.0 Å². The molecule has 0 aromatic heterocycles. The van der Waals surface area contributed by atoms with Crippen molar-refractivity contribution in [3.8, 4) is 0 Å². The molecule has 0 saturated carbocycles. The monoisotopic (exact) mass is 466 g/mol. The highest BCUT2D eigenvalue weighted by molar-refractivity contribution is 6.09. The summed E-state index contributed by atoms with van der Waals surface area (Å²) in [6.07, 6.45) is 2.71. The van der Waals surface area contributed by atoms with Gasteiger partial charge in [0.05, 0.1) is 11.4 Å². The van der Waals surface area contributed by atoms with Crippen molar-refractivity contribution in [2.75, 3.05) is 36.0 Å². The third-order valence-corrected chi connectivity index (χ3v) is 6.63. The number of rotatable bonds is 7. The smallest absolute Gasteiger partial charge is 0.253 e. The van der Waals surface area contributed by atoms with E-state index in [1.807, 2.05) is 26.0 Å². The van der Waals surface area contributed by atoms with Crippen LogP contribution in [0.25, 0.3) is 0 Å². The molecule has 1 N–H and O–H groups in total. The van der Waals surface area contributed by atoms with E-state index in [1.165, 1.54) is 17.0 Å². The van der Waals surface area contributed by atoms with Gasteiger partial charge in [0, 0.05) is 31.7 Å². The van der Waals surface area contributed by atoms with Crippen LogP contribution in [0.15, 0.2) is 42.5 Å². The lowest BCUT2D eigenvalue weighted by Crippen LogP contribution is -2.57. The first kappa shape index (κ1) is 23.7. The lowest BCUT2D eigenvalue weighted by Gasteiger charge is -2.45. The van der Waals surface area contributed by atoms with Gasteiger partial charge in [0.15, 0.2) is 0 Å². The summed E-state index contributed by atoms with van der Waals surface area (Å²) in [5.41, 5.74) is 2.75. The van der Waals surface area contributed by atoms with Gasteiger partial charge in [-0.1, -0.05) is 12.1 Å². The van der Waals surface area contributed by atoms with Crippen LogP contribution in [0.1, 0.15) is 49.0 Å². The zero-order valence-corrected chi connectivity index (χ0v) is 19.7. The fourth-order valence-electron chi connectivity index (χ4n) is 4.75. The number of hydrogen-bond acceptors (Lipinski definition) is 4. The van der Waals surface area contributed by atoms with Crippen molar-refractivity contribution in [1.82, 2.24) is 10.2 Å². The Morgan fingerprint density at radius 1 is 1.06 bits per heavy atom. The number of fused-ring (bicyclic) bond motifs is 3. The Morgan fingerprint density at radius 2 is 1.79 bits per heavy atom. The maximum absolute atomic E-state index is 13.5. The average Bonchev–Trinajstić information content (AvgIpc) is 2.86. The third-order valence-electron chi connectivity index (χ3n) is 6.63. The van der Waals surface area contributed by atoms with Gasteiger partial charge in [-0.3, -0.25) is 19.3 Å². The maximum atomic E-state index is 13.5. The van der Waals surface area contributed by atoms with Crippen molar-refractivity contribution in [3.05, 3.63) is 59.4 Å². The Balaban J connectivity index is 1.60. The fourth-order valence-corrected chi connectivity index (χ4v) is 4.75. The van der Waals surface area contributed by atoms with Gasteiger partial charge in [-0.2, -0.15) is 0 Å². The average molecular weight is 467 g/mol. The second kappa shape index (κ2) is 10.2. The molecule has 1 saturated heterocycles. The molecule has 0 bridgehead atoms. The van der Waals surface area contributed by atoms with E-state index in [-0.39, 0.29) is 42.7 Å². The topological polar surface area (TPSA) is 73.0 Å². The molecule has 2 heterocycles. The number of anilines is 2. The highest BCUT2D eigenvalue weighted by atomic mass is 19.1. The summed E-state index contributed by atoms with van der Waals surface area (Å²) in [5.74, 6) is -0.857. The van der Waals surface area contributed by atoms with E-state index < -0.39 is 0 Å². The van der Waals surface area contributed by atoms with Gasteiger partial charge in [-0.15, -0.1) is 0 Å². The number of hydrogen-bond donors (Lipinski definition) is 1. The van der Waals surface area contributed by atoms with E-state index in [0.29, 0.717) is 24.3 Å². The highest BCUT2D eigenvalue weighted by Crippen LogP contribution is 2.40. The molecule has 1 unspecified atom stereocenters. The lowest BCUT2D eigenvalue weighted by atomic mass is 9.95. The molecule has 2 aliphatic rings. The second-order valence-corrected chi connectivity index (χ2v) is 8.71. The van der Waals surface area contributed by atoms with Crippen molar-refractivity contribution in [1.29, 1.82) is 0 Å².